The molecule has 0 spiro atoms. The number of amides is 1. The van der Waals surface area contributed by atoms with Gasteiger partial charge in [-0.25, -0.2) is 0 Å². The Hall–Kier alpha value is -0.260. The Morgan fingerprint density at radius 2 is 1.86 bits per heavy atom. The average Bonchev–Trinajstić information content (AvgIpc) is 2.47. The van der Waals surface area contributed by atoms with Crippen LogP contribution in [0.1, 0.15) is 44.9 Å². The van der Waals surface area contributed by atoms with Crippen LogP contribution in [0.2, 0.25) is 0 Å². The maximum atomic E-state index is 12.2. The lowest BCUT2D eigenvalue weighted by molar-refractivity contribution is -0.120. The van der Waals surface area contributed by atoms with E-state index in [1.807, 2.05) is 11.8 Å². The summed E-state index contributed by atoms with van der Waals surface area (Å²) in [6.45, 7) is 2.22. The van der Waals surface area contributed by atoms with Crippen molar-refractivity contribution in [3.8, 4) is 0 Å². The van der Waals surface area contributed by atoms with Crippen LogP contribution < -0.4 is 10.6 Å². The molecule has 3 aliphatic heterocycles. The minimum absolute atomic E-state index is 0.256. The molecule has 1 amide bonds. The van der Waals surface area contributed by atoms with Gasteiger partial charge in [0.2, 0.25) is 5.91 Å². The van der Waals surface area contributed by atoms with Crippen molar-refractivity contribution in [3.63, 3.8) is 0 Å². The standard InChI is InChI=1S/C16H29N3OS/c1-19-13-3-2-4-14(19)10-12(9-13)18-16(20)11-21-15-5-7-17-8-6-15/h12-15,17H,2-11H2,1H3,(H,18,20). The van der Waals surface area contributed by atoms with Crippen LogP contribution in [0.25, 0.3) is 0 Å². The van der Waals surface area contributed by atoms with E-state index < -0.39 is 0 Å². The molecule has 5 heteroatoms. The maximum absolute atomic E-state index is 12.2. The largest absolute Gasteiger partial charge is 0.353 e. The normalized spacial score (nSPS) is 34.6. The van der Waals surface area contributed by atoms with Gasteiger partial charge in [-0.15, -0.1) is 11.8 Å². The van der Waals surface area contributed by atoms with Crippen LogP contribution in [0.5, 0.6) is 0 Å². The summed E-state index contributed by atoms with van der Waals surface area (Å²) in [4.78, 5) is 14.7. The molecule has 3 rings (SSSR count). The third kappa shape index (κ3) is 4.14. The van der Waals surface area contributed by atoms with Crippen molar-refractivity contribution in [2.24, 2.45) is 0 Å². The monoisotopic (exact) mass is 311 g/mol. The summed E-state index contributed by atoms with van der Waals surface area (Å²) >= 11 is 1.85. The molecular weight excluding hydrogens is 282 g/mol. The van der Waals surface area contributed by atoms with E-state index in [9.17, 15) is 4.79 Å². The molecular formula is C16H29N3OS. The van der Waals surface area contributed by atoms with Crippen LogP contribution in [0, 0.1) is 0 Å². The first kappa shape index (κ1) is 15.6. The molecule has 3 fully saturated rings. The van der Waals surface area contributed by atoms with Crippen molar-refractivity contribution < 1.29 is 4.79 Å². The number of thioether (sulfide) groups is 1. The van der Waals surface area contributed by atoms with Gasteiger partial charge in [-0.2, -0.15) is 0 Å². The fourth-order valence-electron chi connectivity index (χ4n) is 4.16. The van der Waals surface area contributed by atoms with Crippen LogP contribution in [0.3, 0.4) is 0 Å². The first-order valence-corrected chi connectivity index (χ1v) is 9.61. The van der Waals surface area contributed by atoms with Crippen LogP contribution in [0.4, 0.5) is 0 Å². The molecule has 0 aromatic carbocycles. The van der Waals surface area contributed by atoms with Crippen molar-refractivity contribution in [2.75, 3.05) is 25.9 Å². The molecule has 3 aliphatic rings. The van der Waals surface area contributed by atoms with Gasteiger partial charge in [0, 0.05) is 23.4 Å². The number of carbonyl (C=O) groups is 1. The fourth-order valence-corrected chi connectivity index (χ4v) is 5.20. The second-order valence-electron chi connectivity index (χ2n) is 6.90. The lowest BCUT2D eigenvalue weighted by Gasteiger charge is -2.47. The molecule has 0 aromatic heterocycles. The van der Waals surface area contributed by atoms with Gasteiger partial charge in [0.1, 0.15) is 0 Å². The average molecular weight is 311 g/mol. The zero-order valence-corrected chi connectivity index (χ0v) is 14.0. The van der Waals surface area contributed by atoms with Gasteiger partial charge >= 0.3 is 0 Å². The lowest BCUT2D eigenvalue weighted by atomic mass is 9.82. The Morgan fingerprint density at radius 3 is 2.52 bits per heavy atom. The first-order valence-electron chi connectivity index (χ1n) is 8.56. The molecule has 0 saturated carbocycles. The Balaban J connectivity index is 1.40. The zero-order valence-electron chi connectivity index (χ0n) is 13.1. The van der Waals surface area contributed by atoms with E-state index in [2.05, 4.69) is 22.6 Å². The van der Waals surface area contributed by atoms with Crippen molar-refractivity contribution in [2.45, 2.75) is 68.3 Å². The molecule has 21 heavy (non-hydrogen) atoms. The molecule has 2 atom stereocenters. The molecule has 3 saturated heterocycles. The number of fused-ring (bicyclic) bond motifs is 2. The minimum Gasteiger partial charge on any atom is -0.353 e. The molecule has 4 nitrogen and oxygen atoms in total. The molecule has 0 aromatic rings. The van der Waals surface area contributed by atoms with Crippen LogP contribution in [0.15, 0.2) is 0 Å². The van der Waals surface area contributed by atoms with Gasteiger partial charge in [0.25, 0.3) is 0 Å². The Morgan fingerprint density at radius 1 is 1.19 bits per heavy atom. The smallest absolute Gasteiger partial charge is 0.230 e. The Kier molecular flexibility index (Phi) is 5.46. The topological polar surface area (TPSA) is 44.4 Å². The van der Waals surface area contributed by atoms with E-state index in [0.717, 1.165) is 25.9 Å². The summed E-state index contributed by atoms with van der Waals surface area (Å²) in [7, 11) is 2.26. The predicted octanol–water partition coefficient (Wildman–Crippen LogP) is 1.60. The van der Waals surface area contributed by atoms with Crippen molar-refractivity contribution >= 4 is 17.7 Å². The van der Waals surface area contributed by atoms with Gasteiger partial charge in [-0.1, -0.05) is 6.42 Å². The molecule has 2 unspecified atom stereocenters. The second kappa shape index (κ2) is 7.34. The minimum atomic E-state index is 0.256. The number of hydrogen-bond donors (Lipinski definition) is 2. The number of nitrogens with one attached hydrogen (secondary N) is 2. The predicted molar refractivity (Wildman–Crippen MR) is 88.7 cm³/mol. The summed E-state index contributed by atoms with van der Waals surface area (Å²) in [5, 5.41) is 7.36. The molecule has 2 bridgehead atoms. The molecule has 0 radical (unpaired) electrons. The van der Waals surface area contributed by atoms with Gasteiger partial charge in [0.15, 0.2) is 0 Å². The summed E-state index contributed by atoms with van der Waals surface area (Å²) < 4.78 is 0. The van der Waals surface area contributed by atoms with E-state index in [1.165, 1.54) is 32.1 Å². The van der Waals surface area contributed by atoms with Gasteiger partial charge < -0.3 is 15.5 Å². The van der Waals surface area contributed by atoms with Crippen LogP contribution in [-0.4, -0.2) is 60.1 Å². The molecule has 120 valence electrons. The van der Waals surface area contributed by atoms with Crippen molar-refractivity contribution in [3.05, 3.63) is 0 Å². The van der Waals surface area contributed by atoms with E-state index in [4.69, 9.17) is 0 Å². The van der Waals surface area contributed by atoms with E-state index >= 15 is 0 Å². The number of hydrogen-bond acceptors (Lipinski definition) is 4. The highest BCUT2D eigenvalue weighted by molar-refractivity contribution is 8.00. The second-order valence-corrected chi connectivity index (χ2v) is 8.19. The van der Waals surface area contributed by atoms with Crippen LogP contribution >= 0.6 is 11.8 Å². The highest BCUT2D eigenvalue weighted by atomic mass is 32.2. The summed E-state index contributed by atoms with van der Waals surface area (Å²) in [6.07, 6.45) is 8.69. The lowest BCUT2D eigenvalue weighted by Crippen LogP contribution is -2.55. The molecule has 3 heterocycles. The third-order valence-corrected chi connectivity index (χ3v) is 6.81. The highest BCUT2D eigenvalue weighted by Crippen LogP contribution is 2.32. The van der Waals surface area contributed by atoms with E-state index in [-0.39, 0.29) is 5.91 Å². The Bertz CT molecular complexity index is 345. The SMILES string of the molecule is CN1C2CCCC1CC(NC(=O)CSC1CCNCC1)C2. The third-order valence-electron chi connectivity index (χ3n) is 5.44. The first-order chi connectivity index (χ1) is 10.2. The summed E-state index contributed by atoms with van der Waals surface area (Å²) in [5.74, 6) is 0.901. The molecule has 0 aliphatic carbocycles. The molecule has 2 N–H and O–H groups in total. The maximum Gasteiger partial charge on any atom is 0.230 e. The van der Waals surface area contributed by atoms with Crippen molar-refractivity contribution in [1.82, 2.24) is 15.5 Å². The number of piperidine rings is 3. The van der Waals surface area contributed by atoms with E-state index in [1.54, 1.807) is 0 Å². The van der Waals surface area contributed by atoms with Crippen LogP contribution in [-0.2, 0) is 4.79 Å². The Labute approximate surface area is 132 Å². The van der Waals surface area contributed by atoms with Crippen molar-refractivity contribution in [1.29, 1.82) is 0 Å². The highest BCUT2D eigenvalue weighted by Gasteiger charge is 2.36. The summed E-state index contributed by atoms with van der Waals surface area (Å²) in [5.41, 5.74) is 0. The number of nitrogens with zero attached hydrogens (tertiary/aromatic N) is 1. The number of rotatable bonds is 4. The van der Waals surface area contributed by atoms with E-state index in [0.29, 0.717) is 29.1 Å². The van der Waals surface area contributed by atoms with Gasteiger partial charge in [-0.05, 0) is 58.7 Å². The number of carbonyl (C=O) groups excluding carboxylic acids is 1. The fraction of sp³-hybridized carbons (Fsp3) is 0.938. The summed E-state index contributed by atoms with van der Waals surface area (Å²) in [6, 6.07) is 1.80. The zero-order chi connectivity index (χ0) is 14.7. The van der Waals surface area contributed by atoms with Gasteiger partial charge in [0.05, 0.1) is 5.75 Å². The quantitative estimate of drug-likeness (QED) is 0.828. The van der Waals surface area contributed by atoms with Gasteiger partial charge in [-0.3, -0.25) is 4.79 Å².